The first-order valence-corrected chi connectivity index (χ1v) is 12.2. The van der Waals surface area contributed by atoms with E-state index in [-0.39, 0.29) is 6.54 Å². The Labute approximate surface area is 185 Å². The number of rotatable bonds is 9. The van der Waals surface area contributed by atoms with Gasteiger partial charge in [0.05, 0.1) is 11.5 Å². The van der Waals surface area contributed by atoms with Gasteiger partial charge in [0.15, 0.2) is 0 Å². The van der Waals surface area contributed by atoms with Gasteiger partial charge in [-0.2, -0.15) is 4.31 Å². The van der Waals surface area contributed by atoms with E-state index in [1.54, 1.807) is 16.4 Å². The highest BCUT2D eigenvalue weighted by Crippen LogP contribution is 2.41. The minimum absolute atomic E-state index is 0.282. The standard InChI is InChI=1S/C26H29NO3S/c1-3-9-22-14-16-25(17-15-22)31(28,29)27(18-23-11-8-7-10-21(23)2)19-26(20-30-26)24-12-5-4-6-13-24/h4-8,10-17H,3,9,18-20H2,1-2H3. The van der Waals surface area contributed by atoms with Gasteiger partial charge in [-0.3, -0.25) is 0 Å². The second kappa shape index (κ2) is 8.95. The molecule has 0 bridgehead atoms. The molecule has 0 spiro atoms. The smallest absolute Gasteiger partial charge is 0.243 e. The Balaban J connectivity index is 1.69. The average molecular weight is 436 g/mol. The molecule has 1 fully saturated rings. The lowest BCUT2D eigenvalue weighted by atomic mass is 10.00. The van der Waals surface area contributed by atoms with Crippen molar-refractivity contribution in [3.8, 4) is 0 Å². The van der Waals surface area contributed by atoms with Crippen molar-refractivity contribution in [2.45, 2.75) is 43.7 Å². The van der Waals surface area contributed by atoms with E-state index in [4.69, 9.17) is 4.74 Å². The molecule has 1 aliphatic heterocycles. The monoisotopic (exact) mass is 435 g/mol. The molecule has 3 aromatic carbocycles. The lowest BCUT2D eigenvalue weighted by Crippen LogP contribution is -2.38. The van der Waals surface area contributed by atoms with Crippen LogP contribution < -0.4 is 0 Å². The van der Waals surface area contributed by atoms with Gasteiger partial charge in [-0.25, -0.2) is 8.42 Å². The quantitative estimate of drug-likeness (QED) is 0.441. The van der Waals surface area contributed by atoms with Crippen molar-refractivity contribution in [2.24, 2.45) is 0 Å². The van der Waals surface area contributed by atoms with E-state index in [0.29, 0.717) is 18.0 Å². The summed E-state index contributed by atoms with van der Waals surface area (Å²) in [4.78, 5) is 0.324. The molecule has 162 valence electrons. The van der Waals surface area contributed by atoms with Gasteiger partial charge in [-0.1, -0.05) is 80.1 Å². The molecule has 1 saturated heterocycles. The molecule has 4 nitrogen and oxygen atoms in total. The van der Waals surface area contributed by atoms with E-state index < -0.39 is 15.6 Å². The number of epoxide rings is 1. The third-order valence-electron chi connectivity index (χ3n) is 5.93. The number of hydrogen-bond donors (Lipinski definition) is 0. The molecule has 1 aliphatic rings. The maximum Gasteiger partial charge on any atom is 0.243 e. The molecule has 0 amide bonds. The summed E-state index contributed by atoms with van der Waals surface area (Å²) in [5, 5.41) is 0. The van der Waals surface area contributed by atoms with Crippen LogP contribution in [0.5, 0.6) is 0 Å². The van der Waals surface area contributed by atoms with Gasteiger partial charge < -0.3 is 4.74 Å². The summed E-state index contributed by atoms with van der Waals surface area (Å²) in [5.41, 5.74) is 3.65. The maximum atomic E-state index is 13.7. The van der Waals surface area contributed by atoms with Gasteiger partial charge in [0.2, 0.25) is 10.0 Å². The molecule has 0 aliphatic carbocycles. The maximum absolute atomic E-state index is 13.7. The lowest BCUT2D eigenvalue weighted by molar-refractivity contribution is 0.247. The van der Waals surface area contributed by atoms with Crippen molar-refractivity contribution in [2.75, 3.05) is 13.2 Å². The van der Waals surface area contributed by atoms with Crippen molar-refractivity contribution in [3.63, 3.8) is 0 Å². The number of ether oxygens (including phenoxy) is 1. The number of nitrogens with zero attached hydrogens (tertiary/aromatic N) is 1. The summed E-state index contributed by atoms with van der Waals surface area (Å²) >= 11 is 0. The van der Waals surface area contributed by atoms with Gasteiger partial charge in [0, 0.05) is 13.1 Å². The van der Waals surface area contributed by atoms with E-state index in [0.717, 1.165) is 35.1 Å². The molecule has 5 heteroatoms. The minimum atomic E-state index is -3.70. The molecular formula is C26H29NO3S. The topological polar surface area (TPSA) is 49.9 Å². The summed E-state index contributed by atoms with van der Waals surface area (Å²) in [6, 6.07) is 25.1. The fourth-order valence-electron chi connectivity index (χ4n) is 3.93. The first kappa shape index (κ1) is 21.8. The summed E-state index contributed by atoms with van der Waals surface area (Å²) in [5.74, 6) is 0. The average Bonchev–Trinajstić information content (AvgIpc) is 3.57. The lowest BCUT2D eigenvalue weighted by Gasteiger charge is -2.26. The van der Waals surface area contributed by atoms with Gasteiger partial charge >= 0.3 is 0 Å². The molecule has 1 atom stereocenters. The highest BCUT2D eigenvalue weighted by Gasteiger charge is 2.49. The van der Waals surface area contributed by atoms with Crippen LogP contribution in [0.1, 0.15) is 35.6 Å². The number of aryl methyl sites for hydroxylation is 2. The second-order valence-corrected chi connectivity index (χ2v) is 10.2. The van der Waals surface area contributed by atoms with Crippen LogP contribution >= 0.6 is 0 Å². The van der Waals surface area contributed by atoms with E-state index in [2.05, 4.69) is 6.92 Å². The van der Waals surface area contributed by atoms with Crippen LogP contribution in [0.4, 0.5) is 0 Å². The minimum Gasteiger partial charge on any atom is -0.363 e. The van der Waals surface area contributed by atoms with E-state index in [1.165, 1.54) is 0 Å². The highest BCUT2D eigenvalue weighted by atomic mass is 32.2. The van der Waals surface area contributed by atoms with Crippen molar-refractivity contribution < 1.29 is 13.2 Å². The summed E-state index contributed by atoms with van der Waals surface area (Å²) in [7, 11) is -3.70. The summed E-state index contributed by atoms with van der Waals surface area (Å²) in [6.45, 7) is 5.24. The van der Waals surface area contributed by atoms with Gasteiger partial charge in [0.1, 0.15) is 5.60 Å². The molecule has 0 saturated carbocycles. The molecule has 0 radical (unpaired) electrons. The van der Waals surface area contributed by atoms with E-state index in [1.807, 2.05) is 73.7 Å². The Bertz CT molecular complexity index is 1120. The Kier molecular flexibility index (Phi) is 6.28. The normalized spacial score (nSPS) is 18.3. The van der Waals surface area contributed by atoms with Gasteiger partial charge in [0.25, 0.3) is 0 Å². The summed E-state index contributed by atoms with van der Waals surface area (Å²) < 4.78 is 34.9. The van der Waals surface area contributed by atoms with Crippen LogP contribution in [0.2, 0.25) is 0 Å². The number of benzene rings is 3. The highest BCUT2D eigenvalue weighted by molar-refractivity contribution is 7.89. The third kappa shape index (κ3) is 4.74. The molecule has 4 rings (SSSR count). The van der Waals surface area contributed by atoms with Crippen LogP contribution in [0.3, 0.4) is 0 Å². The largest absolute Gasteiger partial charge is 0.363 e. The van der Waals surface area contributed by atoms with Crippen LogP contribution in [0, 0.1) is 6.92 Å². The number of sulfonamides is 1. The van der Waals surface area contributed by atoms with Gasteiger partial charge in [-0.15, -0.1) is 0 Å². The van der Waals surface area contributed by atoms with Crippen molar-refractivity contribution in [3.05, 3.63) is 101 Å². The zero-order valence-corrected chi connectivity index (χ0v) is 18.9. The third-order valence-corrected chi connectivity index (χ3v) is 7.74. The van der Waals surface area contributed by atoms with Crippen molar-refractivity contribution >= 4 is 10.0 Å². The first-order valence-electron chi connectivity index (χ1n) is 10.8. The Morgan fingerprint density at radius 2 is 1.58 bits per heavy atom. The zero-order chi connectivity index (χ0) is 21.9. The molecule has 0 N–H and O–H groups in total. The Hall–Kier alpha value is -2.47. The SMILES string of the molecule is CCCc1ccc(S(=O)(=O)N(Cc2ccccc2C)CC2(c3ccccc3)CO2)cc1. The molecule has 31 heavy (non-hydrogen) atoms. The molecular weight excluding hydrogens is 406 g/mol. The molecule has 3 aromatic rings. The second-order valence-electron chi connectivity index (χ2n) is 8.24. The first-order chi connectivity index (χ1) is 14.9. The predicted molar refractivity (Wildman–Crippen MR) is 123 cm³/mol. The van der Waals surface area contributed by atoms with Crippen LogP contribution in [0.25, 0.3) is 0 Å². The van der Waals surface area contributed by atoms with Gasteiger partial charge in [-0.05, 0) is 47.7 Å². The van der Waals surface area contributed by atoms with Crippen molar-refractivity contribution in [1.82, 2.24) is 4.31 Å². The fraction of sp³-hybridized carbons (Fsp3) is 0.308. The predicted octanol–water partition coefficient (Wildman–Crippen LogP) is 5.06. The number of hydrogen-bond acceptors (Lipinski definition) is 3. The fourth-order valence-corrected chi connectivity index (χ4v) is 5.40. The van der Waals surface area contributed by atoms with Crippen LogP contribution in [0.15, 0.2) is 83.8 Å². The Morgan fingerprint density at radius 1 is 0.935 bits per heavy atom. The van der Waals surface area contributed by atoms with Crippen LogP contribution in [-0.4, -0.2) is 25.9 Å². The summed E-state index contributed by atoms with van der Waals surface area (Å²) in [6.07, 6.45) is 1.97. The zero-order valence-electron chi connectivity index (χ0n) is 18.1. The Morgan fingerprint density at radius 3 is 2.19 bits per heavy atom. The molecule has 0 aromatic heterocycles. The molecule has 1 unspecified atom stereocenters. The van der Waals surface area contributed by atoms with Crippen molar-refractivity contribution in [1.29, 1.82) is 0 Å². The molecule has 1 heterocycles. The van der Waals surface area contributed by atoms with Crippen LogP contribution in [-0.2, 0) is 33.3 Å². The van der Waals surface area contributed by atoms with E-state index >= 15 is 0 Å². The van der Waals surface area contributed by atoms with E-state index in [9.17, 15) is 8.42 Å².